The topological polar surface area (TPSA) is 91.4 Å². The van der Waals surface area contributed by atoms with E-state index in [1.807, 2.05) is 4.90 Å². The average molecular weight is 456 g/mol. The van der Waals surface area contributed by atoms with E-state index in [2.05, 4.69) is 15.0 Å². The molecule has 1 fully saturated rings. The monoisotopic (exact) mass is 456 g/mol. The molecule has 0 spiro atoms. The van der Waals surface area contributed by atoms with Crippen LogP contribution >= 0.6 is 0 Å². The summed E-state index contributed by atoms with van der Waals surface area (Å²) >= 11 is 0. The average Bonchev–Trinajstić information content (AvgIpc) is 2.74. The molecule has 0 unspecified atom stereocenters. The fourth-order valence-corrected chi connectivity index (χ4v) is 4.43. The minimum Gasteiger partial charge on any atom is -0.356 e. The first-order valence-electron chi connectivity index (χ1n) is 9.79. The Kier molecular flexibility index (Phi) is 6.85. The van der Waals surface area contributed by atoms with E-state index in [1.165, 1.54) is 24.3 Å². The zero-order valence-corrected chi connectivity index (χ0v) is 17.6. The standard InChI is InChI=1S/C20H23F3N4O3S/c1-2-25-31(29,30)17-5-3-4-14(12-17)19(28)26-16-8-10-27(11-9-16)18-7-6-15(13-24-18)20(21,22)23/h3-7,12-13,16,25H,2,8-11H2,1H3,(H,26,28). The minimum atomic E-state index is -4.42. The van der Waals surface area contributed by atoms with Crippen LogP contribution in [0.15, 0.2) is 47.5 Å². The lowest BCUT2D eigenvalue weighted by Gasteiger charge is -2.33. The number of anilines is 1. The van der Waals surface area contributed by atoms with E-state index >= 15 is 0 Å². The van der Waals surface area contributed by atoms with E-state index in [-0.39, 0.29) is 29.0 Å². The Labute approximate surface area is 178 Å². The van der Waals surface area contributed by atoms with Crippen molar-refractivity contribution >= 4 is 21.7 Å². The fraction of sp³-hybridized carbons (Fsp3) is 0.400. The molecule has 0 aliphatic carbocycles. The highest BCUT2D eigenvalue weighted by Crippen LogP contribution is 2.29. The molecular formula is C20H23F3N4O3S. The van der Waals surface area contributed by atoms with Crippen molar-refractivity contribution in [2.45, 2.75) is 36.9 Å². The van der Waals surface area contributed by atoms with Crippen LogP contribution in [0.25, 0.3) is 0 Å². The van der Waals surface area contributed by atoms with E-state index in [9.17, 15) is 26.4 Å². The molecule has 0 atom stereocenters. The molecule has 2 N–H and O–H groups in total. The lowest BCUT2D eigenvalue weighted by atomic mass is 10.0. The Balaban J connectivity index is 1.58. The molecule has 0 saturated carbocycles. The number of carbonyl (C=O) groups is 1. The number of alkyl halides is 3. The zero-order chi connectivity index (χ0) is 22.6. The molecule has 3 rings (SSSR count). The number of aromatic nitrogens is 1. The summed E-state index contributed by atoms with van der Waals surface area (Å²) in [5.41, 5.74) is -0.553. The van der Waals surface area contributed by atoms with Gasteiger partial charge < -0.3 is 10.2 Å². The molecule has 168 valence electrons. The molecule has 11 heteroatoms. The third-order valence-electron chi connectivity index (χ3n) is 4.97. The van der Waals surface area contributed by atoms with Crippen molar-refractivity contribution in [3.05, 3.63) is 53.7 Å². The smallest absolute Gasteiger partial charge is 0.356 e. The van der Waals surface area contributed by atoms with Gasteiger partial charge in [-0.2, -0.15) is 13.2 Å². The third kappa shape index (κ3) is 5.73. The molecule has 2 aromatic rings. The number of nitrogens with one attached hydrogen (secondary N) is 2. The van der Waals surface area contributed by atoms with Crippen molar-refractivity contribution in [2.75, 3.05) is 24.5 Å². The number of halogens is 3. The highest BCUT2D eigenvalue weighted by atomic mass is 32.2. The van der Waals surface area contributed by atoms with Crippen LogP contribution in [0.3, 0.4) is 0 Å². The number of pyridine rings is 1. The predicted octanol–water partition coefficient (Wildman–Crippen LogP) is 2.80. The summed E-state index contributed by atoms with van der Waals surface area (Å²) < 4.78 is 64.7. The van der Waals surface area contributed by atoms with E-state index in [1.54, 1.807) is 13.0 Å². The second-order valence-electron chi connectivity index (χ2n) is 7.17. The van der Waals surface area contributed by atoms with Crippen LogP contribution < -0.4 is 14.9 Å². The van der Waals surface area contributed by atoms with Crippen LogP contribution in [-0.2, 0) is 16.2 Å². The van der Waals surface area contributed by atoms with Gasteiger partial charge in [-0.05, 0) is 43.2 Å². The molecule has 0 radical (unpaired) electrons. The molecule has 1 aliphatic heterocycles. The van der Waals surface area contributed by atoms with Gasteiger partial charge in [0.05, 0.1) is 10.5 Å². The normalized spacial score (nSPS) is 15.7. The maximum Gasteiger partial charge on any atom is 0.417 e. The molecule has 31 heavy (non-hydrogen) atoms. The molecule has 1 aliphatic rings. The van der Waals surface area contributed by atoms with E-state index in [0.717, 1.165) is 12.3 Å². The van der Waals surface area contributed by atoms with Gasteiger partial charge in [-0.25, -0.2) is 18.1 Å². The van der Waals surface area contributed by atoms with Crippen molar-refractivity contribution in [1.29, 1.82) is 0 Å². The SMILES string of the molecule is CCNS(=O)(=O)c1cccc(C(=O)NC2CCN(c3ccc(C(F)(F)F)cn3)CC2)c1. The summed E-state index contributed by atoms with van der Waals surface area (Å²) in [5, 5.41) is 2.90. The van der Waals surface area contributed by atoms with Crippen molar-refractivity contribution in [2.24, 2.45) is 0 Å². The summed E-state index contributed by atoms with van der Waals surface area (Å²) in [6, 6.07) is 8.02. The molecule has 1 amide bonds. The van der Waals surface area contributed by atoms with E-state index in [4.69, 9.17) is 0 Å². The summed E-state index contributed by atoms with van der Waals surface area (Å²) in [7, 11) is -3.66. The van der Waals surface area contributed by atoms with Crippen LogP contribution in [0.1, 0.15) is 35.7 Å². The second-order valence-corrected chi connectivity index (χ2v) is 8.93. The fourth-order valence-electron chi connectivity index (χ4n) is 3.34. The molecule has 0 bridgehead atoms. The highest BCUT2D eigenvalue weighted by molar-refractivity contribution is 7.89. The quantitative estimate of drug-likeness (QED) is 0.698. The number of hydrogen-bond acceptors (Lipinski definition) is 5. The van der Waals surface area contributed by atoms with Crippen molar-refractivity contribution < 1.29 is 26.4 Å². The number of carbonyl (C=O) groups excluding carboxylic acids is 1. The number of hydrogen-bond donors (Lipinski definition) is 2. The van der Waals surface area contributed by atoms with E-state index < -0.39 is 21.8 Å². The van der Waals surface area contributed by atoms with Crippen molar-refractivity contribution in [1.82, 2.24) is 15.0 Å². The first-order valence-corrected chi connectivity index (χ1v) is 11.3. The predicted molar refractivity (Wildman–Crippen MR) is 109 cm³/mol. The van der Waals surface area contributed by atoms with Crippen LogP contribution in [0.2, 0.25) is 0 Å². The zero-order valence-electron chi connectivity index (χ0n) is 16.8. The number of piperidine rings is 1. The maximum atomic E-state index is 12.7. The number of nitrogens with zero attached hydrogens (tertiary/aromatic N) is 2. The maximum absolute atomic E-state index is 12.7. The Morgan fingerprint density at radius 1 is 1.19 bits per heavy atom. The van der Waals surface area contributed by atoms with Crippen molar-refractivity contribution in [3.63, 3.8) is 0 Å². The molecule has 1 saturated heterocycles. The van der Waals surface area contributed by atoms with Gasteiger partial charge in [0, 0.05) is 37.4 Å². The first-order chi connectivity index (χ1) is 14.6. The van der Waals surface area contributed by atoms with Gasteiger partial charge in [-0.3, -0.25) is 4.79 Å². The summed E-state index contributed by atoms with van der Waals surface area (Å²) in [5.74, 6) is 0.0822. The largest absolute Gasteiger partial charge is 0.417 e. The van der Waals surface area contributed by atoms with E-state index in [0.29, 0.717) is 31.7 Å². The van der Waals surface area contributed by atoms with Gasteiger partial charge in [-0.15, -0.1) is 0 Å². The van der Waals surface area contributed by atoms with Crippen LogP contribution in [0.5, 0.6) is 0 Å². The molecule has 1 aromatic heterocycles. The van der Waals surface area contributed by atoms with Crippen molar-refractivity contribution in [3.8, 4) is 0 Å². The minimum absolute atomic E-state index is 0.0187. The molecule has 1 aromatic carbocycles. The number of benzene rings is 1. The lowest BCUT2D eigenvalue weighted by molar-refractivity contribution is -0.137. The number of amides is 1. The van der Waals surface area contributed by atoms with Crippen LogP contribution in [-0.4, -0.2) is 45.0 Å². The Morgan fingerprint density at radius 2 is 1.90 bits per heavy atom. The summed E-state index contributed by atoms with van der Waals surface area (Å²) in [6.07, 6.45) is -2.43. The Bertz CT molecular complexity index is 1020. The van der Waals surface area contributed by atoms with Gasteiger partial charge >= 0.3 is 6.18 Å². The third-order valence-corrected chi connectivity index (χ3v) is 6.51. The second kappa shape index (κ2) is 9.23. The van der Waals surface area contributed by atoms with Gasteiger partial charge in [0.2, 0.25) is 10.0 Å². The molecule has 7 nitrogen and oxygen atoms in total. The number of rotatable bonds is 6. The highest BCUT2D eigenvalue weighted by Gasteiger charge is 2.31. The van der Waals surface area contributed by atoms with Crippen LogP contribution in [0.4, 0.5) is 19.0 Å². The Morgan fingerprint density at radius 3 is 2.48 bits per heavy atom. The molecule has 2 heterocycles. The van der Waals surface area contributed by atoms with Gasteiger partial charge in [-0.1, -0.05) is 13.0 Å². The first kappa shape index (κ1) is 23.0. The van der Waals surface area contributed by atoms with Crippen LogP contribution in [0, 0.1) is 0 Å². The Hall–Kier alpha value is -2.66. The molecular weight excluding hydrogens is 433 g/mol. The van der Waals surface area contributed by atoms with Gasteiger partial charge in [0.1, 0.15) is 5.82 Å². The number of sulfonamides is 1. The summed E-state index contributed by atoms with van der Waals surface area (Å²) in [6.45, 7) is 2.96. The van der Waals surface area contributed by atoms with Gasteiger partial charge in [0.25, 0.3) is 5.91 Å². The lowest BCUT2D eigenvalue weighted by Crippen LogP contribution is -2.45. The summed E-state index contributed by atoms with van der Waals surface area (Å²) in [4.78, 5) is 18.4. The van der Waals surface area contributed by atoms with Gasteiger partial charge in [0.15, 0.2) is 0 Å².